The number of aryl methyl sites for hydroxylation is 2. The molecule has 9 heteroatoms. The van der Waals surface area contributed by atoms with Crippen LogP contribution in [0, 0.1) is 13.8 Å². The number of aliphatic imine (C=N–C) groups is 1. The third-order valence-corrected chi connectivity index (χ3v) is 5.06. The average Bonchev–Trinajstić information content (AvgIpc) is 3.25. The molecule has 0 unspecified atom stereocenters. The van der Waals surface area contributed by atoms with Crippen LogP contribution in [0.2, 0.25) is 0 Å². The van der Waals surface area contributed by atoms with Gasteiger partial charge in [0.25, 0.3) is 0 Å². The molecule has 1 N–H and O–H groups in total. The van der Waals surface area contributed by atoms with Crippen molar-refractivity contribution in [1.29, 1.82) is 0 Å². The maximum absolute atomic E-state index is 5.27. The van der Waals surface area contributed by atoms with E-state index in [1.54, 1.807) is 20.5 Å². The van der Waals surface area contributed by atoms with Gasteiger partial charge in [0.15, 0.2) is 11.8 Å². The highest BCUT2D eigenvalue weighted by molar-refractivity contribution is 14.0. The molecule has 3 aromatic rings. The second kappa shape index (κ2) is 10.5. The topological polar surface area (TPSA) is 72.5 Å². The Hall–Kier alpha value is -2.56. The summed E-state index contributed by atoms with van der Waals surface area (Å²) in [4.78, 5) is 6.51. The SMILES string of the molecule is CN=C(NCc1nncn1C)N(C)Cc1cc(C)n(-c2ccc(OC)cc2)c1C.I. The van der Waals surface area contributed by atoms with Gasteiger partial charge in [0.05, 0.1) is 13.7 Å². The molecule has 0 aliphatic rings. The average molecular weight is 523 g/mol. The van der Waals surface area contributed by atoms with Crippen LogP contribution in [-0.4, -0.2) is 51.4 Å². The van der Waals surface area contributed by atoms with Crippen LogP contribution in [0.3, 0.4) is 0 Å². The zero-order valence-corrected chi connectivity index (χ0v) is 20.7. The summed E-state index contributed by atoms with van der Waals surface area (Å²) in [5, 5.41) is 11.4. The number of methoxy groups -OCH3 is 1. The van der Waals surface area contributed by atoms with Gasteiger partial charge in [-0.2, -0.15) is 0 Å². The highest BCUT2D eigenvalue weighted by Gasteiger charge is 2.15. The first-order valence-corrected chi connectivity index (χ1v) is 9.51. The second-order valence-electron chi connectivity index (χ2n) is 7.04. The van der Waals surface area contributed by atoms with Crippen LogP contribution in [-0.2, 0) is 20.1 Å². The molecule has 0 bridgehead atoms. The van der Waals surface area contributed by atoms with Crippen molar-refractivity contribution in [3.63, 3.8) is 0 Å². The molecule has 0 amide bonds. The van der Waals surface area contributed by atoms with Gasteiger partial charge in [-0.3, -0.25) is 4.99 Å². The van der Waals surface area contributed by atoms with Crippen LogP contribution in [0.5, 0.6) is 5.75 Å². The van der Waals surface area contributed by atoms with Gasteiger partial charge in [-0.25, -0.2) is 0 Å². The Kier molecular flexibility index (Phi) is 8.27. The molecule has 0 spiro atoms. The minimum atomic E-state index is 0. The number of halogens is 1. The van der Waals surface area contributed by atoms with Crippen LogP contribution in [0.4, 0.5) is 0 Å². The summed E-state index contributed by atoms with van der Waals surface area (Å²) in [6.07, 6.45) is 1.69. The molecule has 1 aromatic carbocycles. The van der Waals surface area contributed by atoms with Crippen molar-refractivity contribution >= 4 is 29.9 Å². The third kappa shape index (κ3) is 5.13. The van der Waals surface area contributed by atoms with Gasteiger partial charge >= 0.3 is 0 Å². The molecule has 0 saturated heterocycles. The first-order chi connectivity index (χ1) is 13.9. The number of hydrogen-bond donors (Lipinski definition) is 1. The quantitative estimate of drug-likeness (QED) is 0.306. The van der Waals surface area contributed by atoms with E-state index in [9.17, 15) is 0 Å². The predicted molar refractivity (Wildman–Crippen MR) is 130 cm³/mol. The van der Waals surface area contributed by atoms with Crippen LogP contribution in [0.25, 0.3) is 5.69 Å². The summed E-state index contributed by atoms with van der Waals surface area (Å²) >= 11 is 0. The third-order valence-electron chi connectivity index (χ3n) is 5.06. The summed E-state index contributed by atoms with van der Waals surface area (Å²) in [5.74, 6) is 2.52. The lowest BCUT2D eigenvalue weighted by molar-refractivity contribution is 0.414. The van der Waals surface area contributed by atoms with Gasteiger partial charge in [0.1, 0.15) is 12.1 Å². The molecule has 162 valence electrons. The van der Waals surface area contributed by atoms with E-state index in [1.807, 2.05) is 30.8 Å². The Labute approximate surface area is 195 Å². The van der Waals surface area contributed by atoms with Gasteiger partial charge < -0.3 is 24.1 Å². The highest BCUT2D eigenvalue weighted by atomic mass is 127. The fourth-order valence-corrected chi connectivity index (χ4v) is 3.46. The van der Waals surface area contributed by atoms with Crippen molar-refractivity contribution in [2.75, 3.05) is 21.2 Å². The molecule has 0 aliphatic carbocycles. The maximum Gasteiger partial charge on any atom is 0.194 e. The number of hydrogen-bond acceptors (Lipinski definition) is 4. The van der Waals surface area contributed by atoms with Crippen molar-refractivity contribution in [1.82, 2.24) is 29.5 Å². The molecule has 3 rings (SSSR count). The number of rotatable bonds is 6. The standard InChI is InChI=1S/C21H29N7O.HI/c1-15-11-17(16(2)28(15)18-7-9-19(29-6)10-8-18)13-26(4)21(22-3)23-12-20-25-24-14-27(20)5;/h7-11,14H,12-13H2,1-6H3,(H,22,23);1H. The van der Waals surface area contributed by atoms with E-state index in [1.165, 1.54) is 17.0 Å². The molecule has 0 radical (unpaired) electrons. The molecule has 0 aliphatic heterocycles. The Morgan fingerprint density at radius 3 is 2.50 bits per heavy atom. The molecule has 8 nitrogen and oxygen atoms in total. The van der Waals surface area contributed by atoms with Crippen molar-refractivity contribution in [2.45, 2.75) is 26.9 Å². The fraction of sp³-hybridized carbons (Fsp3) is 0.381. The molecular formula is C21H30IN7O. The van der Waals surface area contributed by atoms with Crippen molar-refractivity contribution in [2.24, 2.45) is 12.0 Å². The first-order valence-electron chi connectivity index (χ1n) is 9.51. The zero-order valence-electron chi connectivity index (χ0n) is 18.4. The van der Waals surface area contributed by atoms with E-state index in [2.05, 4.69) is 62.0 Å². The van der Waals surface area contributed by atoms with Crippen molar-refractivity contribution < 1.29 is 4.74 Å². The van der Waals surface area contributed by atoms with E-state index in [0.717, 1.165) is 29.8 Å². The molecular weight excluding hydrogens is 493 g/mol. The molecule has 2 aromatic heterocycles. The van der Waals surface area contributed by atoms with E-state index >= 15 is 0 Å². The Morgan fingerprint density at radius 1 is 1.23 bits per heavy atom. The molecule has 0 fully saturated rings. The van der Waals surface area contributed by atoms with E-state index in [4.69, 9.17) is 4.74 Å². The summed E-state index contributed by atoms with van der Waals surface area (Å²) < 4.78 is 9.43. The Balaban J connectivity index is 0.00000320. The van der Waals surface area contributed by atoms with Crippen LogP contribution < -0.4 is 10.1 Å². The van der Waals surface area contributed by atoms with E-state index in [0.29, 0.717) is 6.54 Å². The van der Waals surface area contributed by atoms with Gasteiger partial charge in [-0.05, 0) is 49.7 Å². The van der Waals surface area contributed by atoms with E-state index < -0.39 is 0 Å². The number of benzene rings is 1. The van der Waals surface area contributed by atoms with Gasteiger partial charge in [-0.1, -0.05) is 0 Å². The molecule has 0 atom stereocenters. The second-order valence-corrected chi connectivity index (χ2v) is 7.04. The summed E-state index contributed by atoms with van der Waals surface area (Å²) in [6.45, 7) is 5.59. The zero-order chi connectivity index (χ0) is 21.0. The largest absolute Gasteiger partial charge is 0.497 e. The lowest BCUT2D eigenvalue weighted by atomic mass is 10.2. The molecule has 2 heterocycles. The number of guanidine groups is 1. The fourth-order valence-electron chi connectivity index (χ4n) is 3.46. The maximum atomic E-state index is 5.27. The van der Waals surface area contributed by atoms with Crippen molar-refractivity contribution in [3.05, 3.63) is 59.4 Å². The van der Waals surface area contributed by atoms with Gasteiger partial charge in [0.2, 0.25) is 0 Å². The lowest BCUT2D eigenvalue weighted by Gasteiger charge is -2.22. The lowest BCUT2D eigenvalue weighted by Crippen LogP contribution is -2.38. The van der Waals surface area contributed by atoms with Gasteiger partial charge in [0, 0.05) is 44.8 Å². The van der Waals surface area contributed by atoms with Crippen LogP contribution in [0.1, 0.15) is 22.8 Å². The Morgan fingerprint density at radius 2 is 1.93 bits per heavy atom. The number of ether oxygens (including phenoxy) is 1. The van der Waals surface area contributed by atoms with Crippen molar-refractivity contribution in [3.8, 4) is 11.4 Å². The van der Waals surface area contributed by atoms with E-state index in [-0.39, 0.29) is 24.0 Å². The first kappa shape index (κ1) is 23.7. The summed E-state index contributed by atoms with van der Waals surface area (Å²) in [5.41, 5.74) is 4.78. The monoisotopic (exact) mass is 523 g/mol. The predicted octanol–water partition coefficient (Wildman–Crippen LogP) is 3.06. The minimum absolute atomic E-state index is 0. The smallest absolute Gasteiger partial charge is 0.194 e. The normalized spacial score (nSPS) is 11.2. The molecule has 30 heavy (non-hydrogen) atoms. The summed E-state index contributed by atoms with van der Waals surface area (Å²) in [6, 6.07) is 10.4. The number of nitrogens with zero attached hydrogens (tertiary/aromatic N) is 6. The van der Waals surface area contributed by atoms with Gasteiger partial charge in [-0.15, -0.1) is 34.2 Å². The minimum Gasteiger partial charge on any atom is -0.497 e. The number of nitrogens with one attached hydrogen (secondary N) is 1. The summed E-state index contributed by atoms with van der Waals surface area (Å²) in [7, 11) is 7.43. The number of aromatic nitrogens is 4. The van der Waals surface area contributed by atoms with Crippen LogP contribution >= 0.6 is 24.0 Å². The van der Waals surface area contributed by atoms with Crippen LogP contribution in [0.15, 0.2) is 41.7 Å². The Bertz CT molecular complexity index is 991. The highest BCUT2D eigenvalue weighted by Crippen LogP contribution is 2.23. The molecule has 0 saturated carbocycles.